The molecule has 94 valence electrons. The molecule has 2 rings (SSSR count). The molecular weight excluding hydrogens is 230 g/mol. The number of aromatic nitrogens is 2. The number of benzene rings is 1. The van der Waals surface area contributed by atoms with Crippen LogP contribution in [0.5, 0.6) is 5.75 Å². The van der Waals surface area contributed by atoms with Crippen LogP contribution in [-0.4, -0.2) is 32.0 Å². The molecule has 0 saturated carbocycles. The van der Waals surface area contributed by atoms with Crippen molar-refractivity contribution in [1.82, 2.24) is 9.97 Å². The standard InChI is InChI=1S/C13H15N3O2/c1-7(17)5-11(14)13-10-4-3-9(18)6-12(10)15-8(2)16-13/h3-4,6-7,14,17-18H,5H2,1-2H3/t7-/m0/s1. The molecule has 0 unspecified atom stereocenters. The molecule has 0 aliphatic rings. The van der Waals surface area contributed by atoms with Crippen LogP contribution in [0.2, 0.25) is 0 Å². The summed E-state index contributed by atoms with van der Waals surface area (Å²) in [6.45, 7) is 3.37. The number of nitrogens with zero attached hydrogens (tertiary/aromatic N) is 2. The van der Waals surface area contributed by atoms with Gasteiger partial charge in [-0.05, 0) is 26.0 Å². The molecule has 0 amide bonds. The molecule has 1 heterocycles. The maximum atomic E-state index is 9.44. The number of phenols is 1. The highest BCUT2D eigenvalue weighted by molar-refractivity contribution is 6.07. The fraction of sp³-hybridized carbons (Fsp3) is 0.308. The van der Waals surface area contributed by atoms with Gasteiger partial charge in [0.25, 0.3) is 0 Å². The van der Waals surface area contributed by atoms with Crippen LogP contribution in [-0.2, 0) is 0 Å². The normalized spacial score (nSPS) is 12.6. The van der Waals surface area contributed by atoms with Crippen LogP contribution >= 0.6 is 0 Å². The predicted octanol–water partition coefficient (Wildman–Crippen LogP) is 1.78. The Balaban J connectivity index is 2.59. The largest absolute Gasteiger partial charge is 0.508 e. The van der Waals surface area contributed by atoms with Crippen molar-refractivity contribution < 1.29 is 10.2 Å². The SMILES string of the molecule is Cc1nc(C(=N)C[C@H](C)O)c2ccc(O)cc2n1. The molecule has 1 atom stereocenters. The molecule has 0 radical (unpaired) electrons. The minimum Gasteiger partial charge on any atom is -0.508 e. The van der Waals surface area contributed by atoms with Crippen molar-refractivity contribution in [2.24, 2.45) is 0 Å². The summed E-state index contributed by atoms with van der Waals surface area (Å²) >= 11 is 0. The van der Waals surface area contributed by atoms with Crippen molar-refractivity contribution in [2.45, 2.75) is 26.4 Å². The van der Waals surface area contributed by atoms with Crippen LogP contribution in [0.15, 0.2) is 18.2 Å². The van der Waals surface area contributed by atoms with Gasteiger partial charge in [0.05, 0.1) is 23.0 Å². The first-order valence-corrected chi connectivity index (χ1v) is 5.70. The second kappa shape index (κ2) is 4.70. The van der Waals surface area contributed by atoms with Gasteiger partial charge in [-0.1, -0.05) is 0 Å². The number of aliphatic hydroxyl groups is 1. The van der Waals surface area contributed by atoms with E-state index in [9.17, 15) is 10.2 Å². The highest BCUT2D eigenvalue weighted by atomic mass is 16.3. The molecule has 3 N–H and O–H groups in total. The maximum absolute atomic E-state index is 9.44. The Labute approximate surface area is 105 Å². The highest BCUT2D eigenvalue weighted by Gasteiger charge is 2.13. The quantitative estimate of drug-likeness (QED) is 0.719. The fourth-order valence-corrected chi connectivity index (χ4v) is 1.86. The Bertz CT molecular complexity index is 603. The molecular formula is C13H15N3O2. The van der Waals surface area contributed by atoms with E-state index in [1.54, 1.807) is 32.0 Å². The van der Waals surface area contributed by atoms with E-state index in [0.717, 1.165) is 0 Å². The Morgan fingerprint density at radius 1 is 1.39 bits per heavy atom. The van der Waals surface area contributed by atoms with Crippen molar-refractivity contribution >= 4 is 16.6 Å². The molecule has 0 bridgehead atoms. The smallest absolute Gasteiger partial charge is 0.126 e. The van der Waals surface area contributed by atoms with Gasteiger partial charge in [0, 0.05) is 17.9 Å². The molecule has 5 nitrogen and oxygen atoms in total. The van der Waals surface area contributed by atoms with E-state index in [-0.39, 0.29) is 17.9 Å². The van der Waals surface area contributed by atoms with E-state index in [4.69, 9.17) is 5.41 Å². The van der Waals surface area contributed by atoms with E-state index in [1.165, 1.54) is 0 Å². The lowest BCUT2D eigenvalue weighted by Crippen LogP contribution is -2.12. The van der Waals surface area contributed by atoms with Crippen LogP contribution in [0.25, 0.3) is 10.9 Å². The molecule has 5 heteroatoms. The average Bonchev–Trinajstić information content (AvgIpc) is 2.26. The second-order valence-corrected chi connectivity index (χ2v) is 4.35. The van der Waals surface area contributed by atoms with Gasteiger partial charge in [-0.3, -0.25) is 0 Å². The van der Waals surface area contributed by atoms with Gasteiger partial charge < -0.3 is 15.6 Å². The van der Waals surface area contributed by atoms with Gasteiger partial charge in [-0.15, -0.1) is 0 Å². The zero-order valence-corrected chi connectivity index (χ0v) is 10.3. The molecule has 0 aliphatic carbocycles. The fourth-order valence-electron chi connectivity index (χ4n) is 1.86. The summed E-state index contributed by atoms with van der Waals surface area (Å²) in [4.78, 5) is 8.48. The number of fused-ring (bicyclic) bond motifs is 1. The van der Waals surface area contributed by atoms with E-state index in [2.05, 4.69) is 9.97 Å². The van der Waals surface area contributed by atoms with Gasteiger partial charge in [-0.25, -0.2) is 9.97 Å². The van der Waals surface area contributed by atoms with Crippen LogP contribution in [0.4, 0.5) is 0 Å². The van der Waals surface area contributed by atoms with Crippen molar-refractivity contribution in [3.63, 3.8) is 0 Å². The van der Waals surface area contributed by atoms with Gasteiger partial charge in [-0.2, -0.15) is 0 Å². The zero-order chi connectivity index (χ0) is 13.3. The zero-order valence-electron chi connectivity index (χ0n) is 10.3. The summed E-state index contributed by atoms with van der Waals surface area (Å²) in [6.07, 6.45) is -0.341. The first-order chi connectivity index (χ1) is 8.47. The second-order valence-electron chi connectivity index (χ2n) is 4.35. The third kappa shape index (κ3) is 2.46. The first kappa shape index (κ1) is 12.4. The average molecular weight is 245 g/mol. The summed E-state index contributed by atoms with van der Waals surface area (Å²) in [5.74, 6) is 0.673. The van der Waals surface area contributed by atoms with Crippen molar-refractivity contribution in [1.29, 1.82) is 5.41 Å². The van der Waals surface area contributed by atoms with Crippen LogP contribution in [0, 0.1) is 12.3 Å². The summed E-state index contributed by atoms with van der Waals surface area (Å²) in [5, 5.41) is 27.5. The highest BCUT2D eigenvalue weighted by Crippen LogP contribution is 2.22. The van der Waals surface area contributed by atoms with Gasteiger partial charge in [0.2, 0.25) is 0 Å². The van der Waals surface area contributed by atoms with E-state index in [1.807, 2.05) is 0 Å². The number of rotatable bonds is 3. The summed E-state index contributed by atoms with van der Waals surface area (Å²) in [5.41, 5.74) is 1.39. The minimum atomic E-state index is -0.583. The lowest BCUT2D eigenvalue weighted by molar-refractivity contribution is 0.203. The van der Waals surface area contributed by atoms with Crippen LogP contribution in [0.3, 0.4) is 0 Å². The Hall–Kier alpha value is -2.01. The molecule has 0 saturated heterocycles. The number of aliphatic hydroxyl groups excluding tert-OH is 1. The Kier molecular flexibility index (Phi) is 3.25. The Morgan fingerprint density at radius 3 is 2.78 bits per heavy atom. The number of aromatic hydroxyl groups is 1. The van der Waals surface area contributed by atoms with Crippen molar-refractivity contribution in [3.8, 4) is 5.75 Å². The maximum Gasteiger partial charge on any atom is 0.126 e. The topological polar surface area (TPSA) is 90.1 Å². The number of hydrogen-bond acceptors (Lipinski definition) is 5. The molecule has 1 aromatic heterocycles. The van der Waals surface area contributed by atoms with E-state index in [0.29, 0.717) is 22.4 Å². The third-order valence-electron chi connectivity index (χ3n) is 2.58. The van der Waals surface area contributed by atoms with Crippen LogP contribution in [0.1, 0.15) is 24.9 Å². The van der Waals surface area contributed by atoms with Gasteiger partial charge in [0.15, 0.2) is 0 Å². The number of nitrogens with one attached hydrogen (secondary N) is 1. The van der Waals surface area contributed by atoms with E-state index >= 15 is 0 Å². The molecule has 2 aromatic rings. The van der Waals surface area contributed by atoms with E-state index < -0.39 is 6.10 Å². The molecule has 18 heavy (non-hydrogen) atoms. The minimum absolute atomic E-state index is 0.133. The number of aryl methyl sites for hydroxylation is 1. The number of hydrogen-bond donors (Lipinski definition) is 3. The Morgan fingerprint density at radius 2 is 2.11 bits per heavy atom. The molecule has 0 fully saturated rings. The monoisotopic (exact) mass is 245 g/mol. The molecule has 1 aromatic carbocycles. The van der Waals surface area contributed by atoms with Crippen LogP contribution < -0.4 is 0 Å². The third-order valence-corrected chi connectivity index (χ3v) is 2.58. The van der Waals surface area contributed by atoms with Gasteiger partial charge >= 0.3 is 0 Å². The summed E-state index contributed by atoms with van der Waals surface area (Å²) < 4.78 is 0. The van der Waals surface area contributed by atoms with Crippen molar-refractivity contribution in [2.75, 3.05) is 0 Å². The first-order valence-electron chi connectivity index (χ1n) is 5.70. The summed E-state index contributed by atoms with van der Waals surface area (Å²) in [7, 11) is 0. The lowest BCUT2D eigenvalue weighted by atomic mass is 10.1. The number of phenolic OH excluding ortho intramolecular Hbond substituents is 1. The predicted molar refractivity (Wildman–Crippen MR) is 69.1 cm³/mol. The van der Waals surface area contributed by atoms with Gasteiger partial charge in [0.1, 0.15) is 11.6 Å². The molecule has 0 spiro atoms. The van der Waals surface area contributed by atoms with Crippen molar-refractivity contribution in [3.05, 3.63) is 29.7 Å². The summed E-state index contributed by atoms with van der Waals surface area (Å²) in [6, 6.07) is 4.78. The molecule has 0 aliphatic heterocycles. The lowest BCUT2D eigenvalue weighted by Gasteiger charge is -2.09.